The minimum absolute atomic E-state index is 0.0225. The molecule has 1 amide bonds. The van der Waals surface area contributed by atoms with Crippen LogP contribution in [0.5, 0.6) is 0 Å². The number of aliphatic hydroxyl groups is 1. The highest BCUT2D eigenvalue weighted by atomic mass is 19.1. The van der Waals surface area contributed by atoms with Crippen molar-refractivity contribution in [1.82, 2.24) is 4.90 Å². The van der Waals surface area contributed by atoms with Crippen molar-refractivity contribution >= 4 is 11.6 Å². The number of anilines is 1. The third kappa shape index (κ3) is 2.45. The Balaban J connectivity index is 1.58. The second kappa shape index (κ2) is 5.91. The van der Waals surface area contributed by atoms with Crippen LogP contribution in [0.3, 0.4) is 0 Å². The smallest absolute Gasteiger partial charge is 0.254 e. The molecule has 4 rings (SSSR count). The van der Waals surface area contributed by atoms with Gasteiger partial charge in [0.15, 0.2) is 0 Å². The summed E-state index contributed by atoms with van der Waals surface area (Å²) in [4.78, 5) is 14.4. The lowest BCUT2D eigenvalue weighted by Gasteiger charge is -2.24. The molecule has 2 heterocycles. The van der Waals surface area contributed by atoms with Crippen molar-refractivity contribution in [2.75, 3.05) is 11.9 Å². The quantitative estimate of drug-likeness (QED) is 0.892. The number of hydrogen-bond donors (Lipinski definition) is 2. The van der Waals surface area contributed by atoms with Gasteiger partial charge in [0.1, 0.15) is 5.82 Å². The van der Waals surface area contributed by atoms with Gasteiger partial charge < -0.3 is 15.3 Å². The largest absolute Gasteiger partial charge is 0.391 e. The Bertz CT molecular complexity index is 779. The van der Waals surface area contributed by atoms with E-state index < -0.39 is 6.10 Å². The summed E-state index contributed by atoms with van der Waals surface area (Å²) in [5, 5.41) is 13.7. The number of aliphatic hydroxyl groups excluding tert-OH is 1. The Labute approximate surface area is 139 Å². The zero-order valence-electron chi connectivity index (χ0n) is 13.2. The van der Waals surface area contributed by atoms with Crippen LogP contribution in [0.15, 0.2) is 48.5 Å². The molecule has 2 aromatic rings. The number of halogens is 1. The van der Waals surface area contributed by atoms with Gasteiger partial charge in [-0.25, -0.2) is 4.39 Å². The number of para-hydroxylation sites is 1. The molecule has 0 aliphatic carbocycles. The molecule has 0 aromatic heterocycles. The molecule has 0 spiro atoms. The van der Waals surface area contributed by atoms with Gasteiger partial charge >= 0.3 is 0 Å². The van der Waals surface area contributed by atoms with Crippen LogP contribution in [0.1, 0.15) is 34.8 Å². The second-order valence-corrected chi connectivity index (χ2v) is 6.42. The first-order valence-corrected chi connectivity index (χ1v) is 8.24. The molecule has 0 bridgehead atoms. The molecule has 3 atom stereocenters. The van der Waals surface area contributed by atoms with Crippen molar-refractivity contribution in [1.29, 1.82) is 0 Å². The Morgan fingerprint density at radius 2 is 1.88 bits per heavy atom. The van der Waals surface area contributed by atoms with Gasteiger partial charge in [-0.1, -0.05) is 30.3 Å². The minimum Gasteiger partial charge on any atom is -0.391 e. The highest BCUT2D eigenvalue weighted by Crippen LogP contribution is 2.39. The molecule has 2 aliphatic heterocycles. The standard InChI is InChI=1S/C19H19FN2O2/c20-14-7-3-4-8-15(14)21-16-9-10-22-17(11-18(16)23)12-5-1-2-6-13(12)19(22)24/h1-8,16-18,21,23H,9-11H2/t16-,17+,18-/m1/s1. The summed E-state index contributed by atoms with van der Waals surface area (Å²) in [5.74, 6) is -0.315. The van der Waals surface area contributed by atoms with Crippen LogP contribution >= 0.6 is 0 Å². The fourth-order valence-electron chi connectivity index (χ4n) is 3.77. The van der Waals surface area contributed by atoms with E-state index in [2.05, 4.69) is 5.32 Å². The van der Waals surface area contributed by atoms with Gasteiger partial charge in [0, 0.05) is 12.1 Å². The molecule has 4 nitrogen and oxygen atoms in total. The maximum absolute atomic E-state index is 13.9. The second-order valence-electron chi connectivity index (χ2n) is 6.42. The van der Waals surface area contributed by atoms with Gasteiger partial charge in [0.2, 0.25) is 0 Å². The third-order valence-corrected chi connectivity index (χ3v) is 5.01. The summed E-state index contributed by atoms with van der Waals surface area (Å²) in [6, 6.07) is 13.6. The van der Waals surface area contributed by atoms with Crippen molar-refractivity contribution in [2.24, 2.45) is 0 Å². The van der Waals surface area contributed by atoms with E-state index in [1.54, 1.807) is 18.2 Å². The van der Waals surface area contributed by atoms with Gasteiger partial charge in [-0.2, -0.15) is 0 Å². The summed E-state index contributed by atoms with van der Waals surface area (Å²) in [6.45, 7) is 0.543. The highest BCUT2D eigenvalue weighted by Gasteiger charge is 2.41. The number of benzene rings is 2. The molecule has 5 heteroatoms. The van der Waals surface area contributed by atoms with Crippen molar-refractivity contribution in [3.63, 3.8) is 0 Å². The summed E-state index contributed by atoms with van der Waals surface area (Å²) < 4.78 is 13.9. The molecule has 24 heavy (non-hydrogen) atoms. The molecule has 2 aromatic carbocycles. The van der Waals surface area contributed by atoms with E-state index in [-0.39, 0.29) is 23.8 Å². The predicted octanol–water partition coefficient (Wildman–Crippen LogP) is 2.96. The minimum atomic E-state index is -0.654. The van der Waals surface area contributed by atoms with Crippen LogP contribution in [0.25, 0.3) is 0 Å². The third-order valence-electron chi connectivity index (χ3n) is 5.01. The molecule has 2 N–H and O–H groups in total. The number of nitrogens with one attached hydrogen (secondary N) is 1. The van der Waals surface area contributed by atoms with Crippen molar-refractivity contribution in [3.05, 3.63) is 65.5 Å². The first-order chi connectivity index (χ1) is 11.6. The molecule has 0 saturated carbocycles. The number of carbonyl (C=O) groups excluding carboxylic acids is 1. The van der Waals surface area contributed by atoms with Crippen LogP contribution in [0, 0.1) is 5.82 Å². The topological polar surface area (TPSA) is 52.6 Å². The zero-order valence-corrected chi connectivity index (χ0v) is 13.2. The maximum Gasteiger partial charge on any atom is 0.254 e. The highest BCUT2D eigenvalue weighted by molar-refractivity contribution is 5.99. The first-order valence-electron chi connectivity index (χ1n) is 8.24. The van der Waals surface area contributed by atoms with Crippen LogP contribution in [0.2, 0.25) is 0 Å². The van der Waals surface area contributed by atoms with Gasteiger partial charge in [0.25, 0.3) is 5.91 Å². The number of carbonyl (C=O) groups is 1. The summed E-state index contributed by atoms with van der Waals surface area (Å²) >= 11 is 0. The lowest BCUT2D eigenvalue weighted by Crippen LogP contribution is -2.34. The zero-order chi connectivity index (χ0) is 16.7. The van der Waals surface area contributed by atoms with Gasteiger partial charge in [-0.3, -0.25) is 4.79 Å². The Kier molecular flexibility index (Phi) is 3.73. The lowest BCUT2D eigenvalue weighted by atomic mass is 9.97. The van der Waals surface area contributed by atoms with E-state index in [0.717, 1.165) is 11.1 Å². The van der Waals surface area contributed by atoms with Crippen molar-refractivity contribution in [3.8, 4) is 0 Å². The van der Waals surface area contributed by atoms with Crippen LogP contribution in [0.4, 0.5) is 10.1 Å². The number of amides is 1. The summed E-state index contributed by atoms with van der Waals surface area (Å²) in [7, 11) is 0. The number of hydrogen-bond acceptors (Lipinski definition) is 3. The molecular formula is C19H19FN2O2. The SMILES string of the molecule is O=C1c2ccccc2[C@@H]2C[C@@H](O)[C@H](Nc3ccccc3F)CCN12. The fraction of sp³-hybridized carbons (Fsp3) is 0.316. The number of fused-ring (bicyclic) bond motifs is 3. The molecule has 124 valence electrons. The molecule has 0 radical (unpaired) electrons. The summed E-state index contributed by atoms with van der Waals surface area (Å²) in [5.41, 5.74) is 2.10. The van der Waals surface area contributed by atoms with E-state index in [0.29, 0.717) is 25.1 Å². The van der Waals surface area contributed by atoms with Crippen LogP contribution < -0.4 is 5.32 Å². The van der Waals surface area contributed by atoms with E-state index in [4.69, 9.17) is 0 Å². The average molecular weight is 326 g/mol. The van der Waals surface area contributed by atoms with Crippen molar-refractivity contribution < 1.29 is 14.3 Å². The van der Waals surface area contributed by atoms with Crippen molar-refractivity contribution in [2.45, 2.75) is 31.0 Å². The van der Waals surface area contributed by atoms with E-state index >= 15 is 0 Å². The van der Waals surface area contributed by atoms with Crippen LogP contribution in [-0.4, -0.2) is 34.6 Å². The molecule has 1 saturated heterocycles. The molecule has 0 unspecified atom stereocenters. The van der Waals surface area contributed by atoms with Gasteiger partial charge in [-0.15, -0.1) is 0 Å². The monoisotopic (exact) mass is 326 g/mol. The molecule has 1 fully saturated rings. The number of nitrogens with zero attached hydrogens (tertiary/aromatic N) is 1. The number of rotatable bonds is 2. The lowest BCUT2D eigenvalue weighted by molar-refractivity contribution is 0.0705. The fourth-order valence-corrected chi connectivity index (χ4v) is 3.77. The van der Waals surface area contributed by atoms with Crippen LogP contribution in [-0.2, 0) is 0 Å². The predicted molar refractivity (Wildman–Crippen MR) is 89.3 cm³/mol. The summed E-state index contributed by atoms with van der Waals surface area (Å²) in [6.07, 6.45) is 0.374. The maximum atomic E-state index is 13.9. The van der Waals surface area contributed by atoms with E-state index in [1.807, 2.05) is 29.2 Å². The first kappa shape index (κ1) is 15.1. The Morgan fingerprint density at radius 3 is 2.71 bits per heavy atom. The van der Waals surface area contributed by atoms with Gasteiger partial charge in [0.05, 0.1) is 23.9 Å². The normalized spacial score (nSPS) is 25.8. The van der Waals surface area contributed by atoms with Gasteiger partial charge in [-0.05, 0) is 36.6 Å². The Morgan fingerprint density at radius 1 is 1.12 bits per heavy atom. The molecular weight excluding hydrogens is 307 g/mol. The van der Waals surface area contributed by atoms with E-state index in [1.165, 1.54) is 6.07 Å². The molecule has 2 aliphatic rings. The average Bonchev–Trinajstić information content (AvgIpc) is 2.74. The Hall–Kier alpha value is -2.40. The van der Waals surface area contributed by atoms with E-state index in [9.17, 15) is 14.3 Å².